The van der Waals surface area contributed by atoms with Crippen LogP contribution >= 0.6 is 0 Å². The zero-order chi connectivity index (χ0) is 7.82. The Bertz CT molecular complexity index is 64.3. The molecule has 0 rings (SSSR count). The lowest BCUT2D eigenvalue weighted by Crippen LogP contribution is -2.14. The topological polar surface area (TPSA) is 18.5 Å². The van der Waals surface area contributed by atoms with Crippen molar-refractivity contribution in [3.05, 3.63) is 0 Å². The lowest BCUT2D eigenvalue weighted by Gasteiger charge is -2.12. The smallest absolute Gasteiger partial charge is 0.0516 e. The highest BCUT2D eigenvalue weighted by Gasteiger charge is 2.03. The lowest BCUT2D eigenvalue weighted by atomic mass is 10.1. The molecule has 0 saturated heterocycles. The van der Waals surface area contributed by atoms with Crippen molar-refractivity contribution in [1.29, 1.82) is 0 Å². The Morgan fingerprint density at radius 3 is 2.30 bits per heavy atom. The molecule has 0 N–H and O–H groups in total. The van der Waals surface area contributed by atoms with Crippen molar-refractivity contribution >= 4 is 0 Å². The van der Waals surface area contributed by atoms with Crippen LogP contribution in [0.3, 0.4) is 0 Å². The van der Waals surface area contributed by atoms with Gasteiger partial charge in [0.2, 0.25) is 0 Å². The Morgan fingerprint density at radius 1 is 1.20 bits per heavy atom. The molecule has 10 heavy (non-hydrogen) atoms. The molecule has 0 radical (unpaired) electrons. The van der Waals surface area contributed by atoms with Crippen LogP contribution in [0.5, 0.6) is 0 Å². The molecule has 1 unspecified atom stereocenters. The maximum absolute atomic E-state index is 5.26. The highest BCUT2D eigenvalue weighted by atomic mass is 16.5. The van der Waals surface area contributed by atoms with Gasteiger partial charge in [-0.2, -0.15) is 0 Å². The van der Waals surface area contributed by atoms with E-state index < -0.39 is 0 Å². The Kier molecular flexibility index (Phi) is 6.98. The zero-order valence-corrected chi connectivity index (χ0v) is 7.22. The van der Waals surface area contributed by atoms with Gasteiger partial charge in [0, 0.05) is 19.6 Å². The van der Waals surface area contributed by atoms with Gasteiger partial charge in [-0.15, -0.1) is 0 Å². The Hall–Kier alpha value is -0.0800. The lowest BCUT2D eigenvalue weighted by molar-refractivity contribution is 0.0621. The van der Waals surface area contributed by atoms with Crippen LogP contribution in [-0.2, 0) is 9.47 Å². The first-order valence-electron chi connectivity index (χ1n) is 3.91. The fraction of sp³-hybridized carbons (Fsp3) is 1.00. The van der Waals surface area contributed by atoms with Crippen LogP contribution in [-0.4, -0.2) is 26.9 Å². The molecular formula is C8H18O2. The van der Waals surface area contributed by atoms with Crippen LogP contribution in [0.4, 0.5) is 0 Å². The molecule has 0 amide bonds. The molecule has 1 atom stereocenters. The summed E-state index contributed by atoms with van der Waals surface area (Å²) in [5.41, 5.74) is 0. The third-order valence-corrected chi connectivity index (χ3v) is 1.54. The summed E-state index contributed by atoms with van der Waals surface area (Å²) in [4.78, 5) is 0. The average Bonchev–Trinajstić information content (AvgIpc) is 1.98. The van der Waals surface area contributed by atoms with E-state index in [4.69, 9.17) is 9.47 Å². The average molecular weight is 146 g/mol. The van der Waals surface area contributed by atoms with Crippen LogP contribution in [0.2, 0.25) is 0 Å². The van der Waals surface area contributed by atoms with Gasteiger partial charge >= 0.3 is 0 Å². The first-order chi connectivity index (χ1) is 4.85. The summed E-state index contributed by atoms with van der Waals surface area (Å²) in [6, 6.07) is 0. The van der Waals surface area contributed by atoms with E-state index in [2.05, 4.69) is 6.92 Å². The first-order valence-corrected chi connectivity index (χ1v) is 3.91. The molecular weight excluding hydrogens is 128 g/mol. The summed E-state index contributed by atoms with van der Waals surface area (Å²) < 4.78 is 10.3. The fourth-order valence-corrected chi connectivity index (χ4v) is 0.804. The zero-order valence-electron chi connectivity index (χ0n) is 7.22. The Labute approximate surface area is 63.5 Å². The van der Waals surface area contributed by atoms with Gasteiger partial charge < -0.3 is 9.47 Å². The molecule has 2 nitrogen and oxygen atoms in total. The maximum atomic E-state index is 5.26. The predicted molar refractivity (Wildman–Crippen MR) is 42.2 cm³/mol. The van der Waals surface area contributed by atoms with E-state index >= 15 is 0 Å². The molecule has 0 heterocycles. The molecule has 62 valence electrons. The van der Waals surface area contributed by atoms with Gasteiger partial charge in [0.15, 0.2) is 0 Å². The molecule has 0 aromatic rings. The molecule has 0 spiro atoms. The molecule has 0 aliphatic carbocycles. The van der Waals surface area contributed by atoms with Gasteiger partial charge in [-0.1, -0.05) is 6.92 Å². The summed E-state index contributed by atoms with van der Waals surface area (Å²) in [6.07, 6.45) is 1.13. The first kappa shape index (κ1) is 9.92. The second kappa shape index (κ2) is 7.03. The van der Waals surface area contributed by atoms with E-state index in [1.54, 1.807) is 7.11 Å². The van der Waals surface area contributed by atoms with Crippen molar-refractivity contribution in [2.45, 2.75) is 20.3 Å². The second-order valence-electron chi connectivity index (χ2n) is 2.39. The van der Waals surface area contributed by atoms with Gasteiger partial charge in [-0.25, -0.2) is 0 Å². The van der Waals surface area contributed by atoms with Crippen LogP contribution < -0.4 is 0 Å². The Balaban J connectivity index is 3.21. The third kappa shape index (κ3) is 4.77. The normalized spacial score (nSPS) is 13.5. The molecule has 0 fully saturated rings. The van der Waals surface area contributed by atoms with E-state index in [1.807, 2.05) is 6.92 Å². The van der Waals surface area contributed by atoms with E-state index in [0.717, 1.165) is 26.2 Å². The predicted octanol–water partition coefficient (Wildman–Crippen LogP) is 1.70. The van der Waals surface area contributed by atoms with Gasteiger partial charge in [0.05, 0.1) is 13.2 Å². The fourth-order valence-electron chi connectivity index (χ4n) is 0.804. The number of methoxy groups -OCH3 is 1. The van der Waals surface area contributed by atoms with Gasteiger partial charge in [-0.05, 0) is 13.3 Å². The van der Waals surface area contributed by atoms with Crippen LogP contribution in [0.15, 0.2) is 0 Å². The van der Waals surface area contributed by atoms with Crippen molar-refractivity contribution in [2.75, 3.05) is 26.9 Å². The molecule has 0 aromatic heterocycles. The van der Waals surface area contributed by atoms with Crippen molar-refractivity contribution < 1.29 is 9.47 Å². The highest BCUT2D eigenvalue weighted by molar-refractivity contribution is 4.52. The third-order valence-electron chi connectivity index (χ3n) is 1.54. The molecule has 0 aromatic carbocycles. The van der Waals surface area contributed by atoms with Crippen LogP contribution in [0.1, 0.15) is 20.3 Å². The van der Waals surface area contributed by atoms with E-state index in [9.17, 15) is 0 Å². The largest absolute Gasteiger partial charge is 0.384 e. The number of hydrogen-bond donors (Lipinski definition) is 0. The molecule has 0 aliphatic heterocycles. The van der Waals surface area contributed by atoms with Crippen LogP contribution in [0, 0.1) is 5.92 Å². The van der Waals surface area contributed by atoms with Crippen molar-refractivity contribution in [3.8, 4) is 0 Å². The summed E-state index contributed by atoms with van der Waals surface area (Å²) in [5.74, 6) is 0.574. The minimum Gasteiger partial charge on any atom is -0.384 e. The number of hydrogen-bond acceptors (Lipinski definition) is 2. The quantitative estimate of drug-likeness (QED) is 0.567. The summed E-state index contributed by atoms with van der Waals surface area (Å²) in [6.45, 7) is 6.62. The van der Waals surface area contributed by atoms with E-state index in [-0.39, 0.29) is 0 Å². The minimum absolute atomic E-state index is 0.574. The summed E-state index contributed by atoms with van der Waals surface area (Å²) >= 11 is 0. The van der Waals surface area contributed by atoms with Crippen molar-refractivity contribution in [3.63, 3.8) is 0 Å². The minimum atomic E-state index is 0.574. The monoisotopic (exact) mass is 146 g/mol. The second-order valence-corrected chi connectivity index (χ2v) is 2.39. The summed E-state index contributed by atoms with van der Waals surface area (Å²) in [5, 5.41) is 0. The molecule has 0 saturated carbocycles. The highest BCUT2D eigenvalue weighted by Crippen LogP contribution is 2.02. The Morgan fingerprint density at radius 2 is 1.90 bits per heavy atom. The van der Waals surface area contributed by atoms with Gasteiger partial charge in [0.25, 0.3) is 0 Å². The standard InChI is InChI=1S/C8H18O2/c1-4-8(6-9-3)7-10-5-2/h8H,4-7H2,1-3H3. The van der Waals surface area contributed by atoms with E-state index in [0.29, 0.717) is 5.92 Å². The number of rotatable bonds is 6. The van der Waals surface area contributed by atoms with Crippen molar-refractivity contribution in [1.82, 2.24) is 0 Å². The van der Waals surface area contributed by atoms with Crippen molar-refractivity contribution in [2.24, 2.45) is 5.92 Å². The molecule has 2 heteroatoms. The summed E-state index contributed by atoms with van der Waals surface area (Å²) in [7, 11) is 1.73. The molecule has 0 bridgehead atoms. The SMILES string of the molecule is CCOCC(CC)COC. The number of ether oxygens (including phenoxy) is 2. The molecule has 0 aliphatic rings. The van der Waals surface area contributed by atoms with Crippen LogP contribution in [0.25, 0.3) is 0 Å². The van der Waals surface area contributed by atoms with Gasteiger partial charge in [-0.3, -0.25) is 0 Å². The van der Waals surface area contributed by atoms with Gasteiger partial charge in [0.1, 0.15) is 0 Å². The maximum Gasteiger partial charge on any atom is 0.0516 e. The van der Waals surface area contributed by atoms with E-state index in [1.165, 1.54) is 0 Å².